The van der Waals surface area contributed by atoms with E-state index in [1.54, 1.807) is 18.0 Å². The van der Waals surface area contributed by atoms with Crippen molar-refractivity contribution >= 4 is 56.7 Å². The molecule has 0 bridgehead atoms. The van der Waals surface area contributed by atoms with Gasteiger partial charge in [-0.1, -0.05) is 48.5 Å². The van der Waals surface area contributed by atoms with Gasteiger partial charge in [-0.15, -0.1) is 11.3 Å². The Kier molecular flexibility index (Phi) is 8.45. The van der Waals surface area contributed by atoms with Crippen LogP contribution < -0.4 is 10.2 Å². The van der Waals surface area contributed by atoms with E-state index >= 15 is 0 Å². The van der Waals surface area contributed by atoms with Crippen LogP contribution in [0.1, 0.15) is 47.1 Å². The second-order valence-electron chi connectivity index (χ2n) is 9.56. The zero-order chi connectivity index (χ0) is 28.1. The highest BCUT2D eigenvalue weighted by Crippen LogP contribution is 2.40. The number of aliphatic imine (C=N–C) groups is 1. The van der Waals surface area contributed by atoms with Gasteiger partial charge in [0.25, 0.3) is 5.91 Å². The van der Waals surface area contributed by atoms with E-state index in [0.717, 1.165) is 45.6 Å². The highest BCUT2D eigenvalue weighted by molar-refractivity contribution is 7.16. The molecule has 8 heteroatoms. The number of rotatable bonds is 8. The molecule has 1 aliphatic heterocycles. The Balaban J connectivity index is 1.48. The average Bonchev–Trinajstić information content (AvgIpc) is 3.35. The summed E-state index contributed by atoms with van der Waals surface area (Å²) < 4.78 is 5.23. The lowest BCUT2D eigenvalue weighted by atomic mass is 10.0. The van der Waals surface area contributed by atoms with Crippen molar-refractivity contribution in [3.05, 3.63) is 88.3 Å². The van der Waals surface area contributed by atoms with Crippen molar-refractivity contribution in [3.63, 3.8) is 0 Å². The van der Waals surface area contributed by atoms with E-state index in [4.69, 9.17) is 9.73 Å². The Morgan fingerprint density at radius 3 is 2.52 bits per heavy atom. The fraction of sp³-hybridized carbons (Fsp3) is 0.281. The first kappa shape index (κ1) is 27.4. The molecule has 0 spiro atoms. The fourth-order valence-corrected chi connectivity index (χ4v) is 6.30. The van der Waals surface area contributed by atoms with E-state index in [0.29, 0.717) is 36.7 Å². The van der Waals surface area contributed by atoms with Crippen molar-refractivity contribution < 1.29 is 14.3 Å². The summed E-state index contributed by atoms with van der Waals surface area (Å²) in [6.07, 6.45) is 2.04. The highest BCUT2D eigenvalue weighted by atomic mass is 32.1. The second kappa shape index (κ2) is 12.3. The maximum Gasteiger partial charge on any atom is 0.410 e. The van der Waals surface area contributed by atoms with Crippen molar-refractivity contribution in [1.82, 2.24) is 4.90 Å². The summed E-state index contributed by atoms with van der Waals surface area (Å²) in [4.78, 5) is 36.0. The van der Waals surface area contributed by atoms with Gasteiger partial charge in [0.05, 0.1) is 18.7 Å². The number of thiophene rings is 1. The molecule has 2 amide bonds. The third kappa shape index (κ3) is 5.72. The molecule has 0 saturated carbocycles. The first-order valence-corrected chi connectivity index (χ1v) is 14.6. The number of anilines is 2. The average molecular weight is 555 g/mol. The van der Waals surface area contributed by atoms with Gasteiger partial charge in [-0.3, -0.25) is 4.79 Å². The van der Waals surface area contributed by atoms with Crippen LogP contribution in [-0.4, -0.2) is 49.4 Å². The van der Waals surface area contributed by atoms with Gasteiger partial charge >= 0.3 is 6.09 Å². The van der Waals surface area contributed by atoms with E-state index in [1.165, 1.54) is 17.0 Å². The lowest BCUT2D eigenvalue weighted by Crippen LogP contribution is -2.36. The second-order valence-corrected chi connectivity index (χ2v) is 10.6. The molecule has 0 atom stereocenters. The van der Waals surface area contributed by atoms with E-state index in [-0.39, 0.29) is 12.0 Å². The number of ether oxygens (including phenoxy) is 1. The van der Waals surface area contributed by atoms with Crippen molar-refractivity contribution in [2.45, 2.75) is 33.7 Å². The minimum absolute atomic E-state index is 0.192. The number of hydrogen-bond acceptors (Lipinski definition) is 6. The number of benzene rings is 3. The molecule has 0 unspecified atom stereocenters. The molecule has 3 aromatic carbocycles. The SMILES string of the molecule is CCOC(=O)N1CCc2c(sc(N=Cc3ccc(N(CC)CC)cc3)c2C(=O)Nc2cccc3ccccc23)C1. The van der Waals surface area contributed by atoms with Crippen LogP contribution in [-0.2, 0) is 17.7 Å². The largest absolute Gasteiger partial charge is 0.450 e. The Morgan fingerprint density at radius 1 is 1.02 bits per heavy atom. The summed E-state index contributed by atoms with van der Waals surface area (Å²) in [7, 11) is 0. The molecule has 1 N–H and O–H groups in total. The number of nitrogens with one attached hydrogen (secondary N) is 1. The van der Waals surface area contributed by atoms with E-state index in [1.807, 2.05) is 54.6 Å². The van der Waals surface area contributed by atoms with Gasteiger partial charge in [-0.05, 0) is 61.9 Å². The third-order valence-corrected chi connectivity index (χ3v) is 8.31. The van der Waals surface area contributed by atoms with Crippen LogP contribution in [0.25, 0.3) is 10.8 Å². The molecule has 206 valence electrons. The van der Waals surface area contributed by atoms with Gasteiger partial charge in [0.1, 0.15) is 5.00 Å². The number of hydrogen-bond donors (Lipinski definition) is 1. The van der Waals surface area contributed by atoms with Crippen LogP contribution >= 0.6 is 11.3 Å². The lowest BCUT2D eigenvalue weighted by Gasteiger charge is -2.26. The molecule has 0 fully saturated rings. The van der Waals surface area contributed by atoms with Gasteiger partial charge in [0.15, 0.2) is 0 Å². The van der Waals surface area contributed by atoms with Gasteiger partial charge in [0.2, 0.25) is 0 Å². The molecule has 5 rings (SSSR count). The summed E-state index contributed by atoms with van der Waals surface area (Å²) >= 11 is 1.46. The van der Waals surface area contributed by atoms with Gasteiger partial charge in [-0.25, -0.2) is 9.79 Å². The minimum atomic E-state index is -0.332. The number of fused-ring (bicyclic) bond motifs is 2. The molecule has 0 saturated heterocycles. The summed E-state index contributed by atoms with van der Waals surface area (Å²) in [6.45, 7) is 9.21. The van der Waals surface area contributed by atoms with Crippen molar-refractivity contribution in [1.29, 1.82) is 0 Å². The standard InChI is InChI=1S/C32H34N4O3S/c1-4-35(5-2)24-16-14-22(15-17-24)20-33-31-29(26-18-19-36(21-28(26)40-31)32(38)39-6-3)30(37)34-27-13-9-11-23-10-7-8-12-25(23)27/h7-17,20H,4-6,18-19,21H2,1-3H3,(H,34,37). The third-order valence-electron chi connectivity index (χ3n) is 7.18. The van der Waals surface area contributed by atoms with Gasteiger partial charge < -0.3 is 19.9 Å². The number of carbonyl (C=O) groups is 2. The number of nitrogens with zero attached hydrogens (tertiary/aromatic N) is 3. The van der Waals surface area contributed by atoms with Crippen LogP contribution in [0.3, 0.4) is 0 Å². The molecule has 2 heterocycles. The molecule has 1 aliphatic rings. The minimum Gasteiger partial charge on any atom is -0.450 e. The predicted octanol–water partition coefficient (Wildman–Crippen LogP) is 7.27. The topological polar surface area (TPSA) is 74.2 Å². The predicted molar refractivity (Wildman–Crippen MR) is 165 cm³/mol. The smallest absolute Gasteiger partial charge is 0.410 e. The molecule has 0 radical (unpaired) electrons. The van der Waals surface area contributed by atoms with Crippen LogP contribution in [0.15, 0.2) is 71.7 Å². The number of carbonyl (C=O) groups excluding carboxylic acids is 2. The van der Waals surface area contributed by atoms with E-state index < -0.39 is 0 Å². The number of amides is 2. The van der Waals surface area contributed by atoms with E-state index in [9.17, 15) is 9.59 Å². The molecule has 7 nitrogen and oxygen atoms in total. The van der Waals surface area contributed by atoms with Crippen LogP contribution in [0.5, 0.6) is 0 Å². The Morgan fingerprint density at radius 2 is 1.77 bits per heavy atom. The fourth-order valence-electron chi connectivity index (χ4n) is 5.10. The summed E-state index contributed by atoms with van der Waals surface area (Å²) in [5, 5.41) is 5.83. The van der Waals surface area contributed by atoms with Gasteiger partial charge in [0, 0.05) is 47.5 Å². The van der Waals surface area contributed by atoms with E-state index in [2.05, 4.69) is 36.2 Å². The van der Waals surface area contributed by atoms with Gasteiger partial charge in [-0.2, -0.15) is 0 Å². The van der Waals surface area contributed by atoms with Crippen LogP contribution in [0.2, 0.25) is 0 Å². The zero-order valence-corrected chi connectivity index (χ0v) is 24.0. The van der Waals surface area contributed by atoms with Crippen LogP contribution in [0.4, 0.5) is 21.2 Å². The Hall–Kier alpha value is -4.17. The molecular weight excluding hydrogens is 520 g/mol. The Bertz CT molecular complexity index is 1530. The quantitative estimate of drug-likeness (QED) is 0.233. The maximum atomic E-state index is 13.8. The summed E-state index contributed by atoms with van der Waals surface area (Å²) in [5.74, 6) is -0.192. The molecule has 40 heavy (non-hydrogen) atoms. The molecule has 4 aromatic rings. The van der Waals surface area contributed by atoms with Crippen molar-refractivity contribution in [3.8, 4) is 0 Å². The first-order chi connectivity index (χ1) is 19.5. The monoisotopic (exact) mass is 554 g/mol. The molecular formula is C32H34N4O3S. The molecule has 1 aromatic heterocycles. The van der Waals surface area contributed by atoms with Crippen LogP contribution in [0, 0.1) is 0 Å². The molecule has 0 aliphatic carbocycles. The zero-order valence-electron chi connectivity index (χ0n) is 23.1. The van der Waals surface area contributed by atoms with Crippen molar-refractivity contribution in [2.75, 3.05) is 36.5 Å². The summed E-state index contributed by atoms with van der Waals surface area (Å²) in [5.41, 5.74) is 4.41. The highest BCUT2D eigenvalue weighted by Gasteiger charge is 2.30. The lowest BCUT2D eigenvalue weighted by molar-refractivity contribution is 0.102. The first-order valence-electron chi connectivity index (χ1n) is 13.8. The maximum absolute atomic E-state index is 13.8. The summed E-state index contributed by atoms with van der Waals surface area (Å²) in [6, 6.07) is 22.2. The normalized spacial score (nSPS) is 12.9. The Labute approximate surface area is 239 Å². The van der Waals surface area contributed by atoms with Crippen molar-refractivity contribution in [2.24, 2.45) is 4.99 Å².